The molecule has 6 heteroatoms. The van der Waals surface area contributed by atoms with E-state index in [1.807, 2.05) is 26.0 Å². The quantitative estimate of drug-likeness (QED) is 0.237. The summed E-state index contributed by atoms with van der Waals surface area (Å²) in [6, 6.07) is 3.94. The van der Waals surface area contributed by atoms with Gasteiger partial charge in [-0.1, -0.05) is 30.6 Å². The van der Waals surface area contributed by atoms with E-state index in [0.717, 1.165) is 30.3 Å². The second kappa shape index (κ2) is 6.97. The maximum absolute atomic E-state index is 8.66. The minimum atomic E-state index is -0.261. The molecule has 1 aromatic heterocycles. The van der Waals surface area contributed by atoms with E-state index in [9.17, 15) is 0 Å². The Hall–Kier alpha value is -0.780. The molecule has 18 heavy (non-hydrogen) atoms. The second-order valence-corrected chi connectivity index (χ2v) is 6.65. The molecule has 0 fully saturated rings. The normalized spacial score (nSPS) is 12.9. The molecule has 0 aliphatic carbocycles. The minimum absolute atomic E-state index is 0.261. The van der Waals surface area contributed by atoms with Gasteiger partial charge in [0.15, 0.2) is 0 Å². The highest BCUT2D eigenvalue weighted by atomic mass is 35.5. The summed E-state index contributed by atoms with van der Waals surface area (Å²) in [5.41, 5.74) is 5.36. The van der Waals surface area contributed by atoms with Crippen LogP contribution in [0.1, 0.15) is 31.6 Å². The lowest BCUT2D eigenvalue weighted by atomic mass is 9.86. The third-order valence-electron chi connectivity index (χ3n) is 2.88. The molecule has 0 aliphatic heterocycles. The molecule has 1 heterocycles. The molecule has 0 aliphatic rings. The lowest BCUT2D eigenvalue weighted by molar-refractivity contribution is 0.304. The smallest absolute Gasteiger partial charge is 0.144 e. The summed E-state index contributed by atoms with van der Waals surface area (Å²) in [6.07, 6.45) is 1.85. The number of amidine groups is 1. The van der Waals surface area contributed by atoms with Gasteiger partial charge in [-0.05, 0) is 31.5 Å². The largest absolute Gasteiger partial charge is 0.409 e. The van der Waals surface area contributed by atoms with Crippen LogP contribution in [0.15, 0.2) is 17.3 Å². The summed E-state index contributed by atoms with van der Waals surface area (Å²) >= 11 is 7.44. The zero-order valence-electron chi connectivity index (χ0n) is 10.7. The van der Waals surface area contributed by atoms with Crippen molar-refractivity contribution in [2.24, 2.45) is 16.3 Å². The third-order valence-corrected chi connectivity index (χ3v) is 4.12. The van der Waals surface area contributed by atoms with Gasteiger partial charge in [-0.15, -0.1) is 11.3 Å². The highest BCUT2D eigenvalue weighted by molar-refractivity contribution is 7.16. The number of hydrogen-bond donors (Lipinski definition) is 3. The lowest BCUT2D eigenvalue weighted by Crippen LogP contribution is -2.32. The molecule has 0 radical (unpaired) electrons. The Morgan fingerprint density at radius 2 is 2.28 bits per heavy atom. The number of halogens is 1. The molecule has 0 spiro atoms. The van der Waals surface area contributed by atoms with Crippen molar-refractivity contribution in [2.75, 3.05) is 6.54 Å². The Balaban J connectivity index is 2.19. The zero-order chi connectivity index (χ0) is 13.6. The van der Waals surface area contributed by atoms with Crippen molar-refractivity contribution < 1.29 is 5.21 Å². The molecular formula is C12H20ClN3OS. The van der Waals surface area contributed by atoms with Gasteiger partial charge >= 0.3 is 0 Å². The fraction of sp³-hybridized carbons (Fsp3) is 0.583. The molecule has 0 atom stereocenters. The zero-order valence-corrected chi connectivity index (χ0v) is 12.3. The van der Waals surface area contributed by atoms with Gasteiger partial charge in [0.25, 0.3) is 0 Å². The van der Waals surface area contributed by atoms with E-state index in [1.165, 1.54) is 4.88 Å². The van der Waals surface area contributed by atoms with Crippen molar-refractivity contribution in [1.29, 1.82) is 0 Å². The molecule has 0 aromatic carbocycles. The molecule has 4 nitrogen and oxygen atoms in total. The summed E-state index contributed by atoms with van der Waals surface area (Å²) in [5, 5.41) is 15.1. The van der Waals surface area contributed by atoms with Crippen LogP contribution in [0.3, 0.4) is 0 Å². The Bertz CT molecular complexity index is 404. The monoisotopic (exact) mass is 289 g/mol. The van der Waals surface area contributed by atoms with Gasteiger partial charge in [0.1, 0.15) is 5.84 Å². The van der Waals surface area contributed by atoms with Gasteiger partial charge in [-0.3, -0.25) is 0 Å². The van der Waals surface area contributed by atoms with Crippen molar-refractivity contribution in [3.63, 3.8) is 0 Å². The van der Waals surface area contributed by atoms with Crippen LogP contribution in [0.25, 0.3) is 0 Å². The van der Waals surface area contributed by atoms with Crippen LogP contribution < -0.4 is 11.1 Å². The Kier molecular flexibility index (Phi) is 5.91. The highest BCUT2D eigenvalue weighted by Crippen LogP contribution is 2.23. The van der Waals surface area contributed by atoms with Gasteiger partial charge in [-0.2, -0.15) is 0 Å². The standard InChI is InChI=1S/C12H20ClN3OS/c1-12(2,11(14)16-17)6-3-7-15-8-9-4-5-10(13)18-9/h4-5,15,17H,3,6-8H2,1-2H3,(H2,14,16). The maximum atomic E-state index is 8.66. The molecule has 1 aromatic rings. The van der Waals surface area contributed by atoms with Gasteiger partial charge in [-0.25, -0.2) is 0 Å². The molecule has 0 saturated carbocycles. The van der Waals surface area contributed by atoms with Gasteiger partial charge in [0.2, 0.25) is 0 Å². The summed E-state index contributed by atoms with van der Waals surface area (Å²) in [7, 11) is 0. The number of nitrogens with two attached hydrogens (primary N) is 1. The SMILES string of the molecule is CC(C)(CCCNCc1ccc(Cl)s1)C(N)=NO. The van der Waals surface area contributed by atoms with Crippen LogP contribution in [-0.4, -0.2) is 17.6 Å². The number of thiophene rings is 1. The first kappa shape index (κ1) is 15.3. The molecule has 102 valence electrons. The van der Waals surface area contributed by atoms with Gasteiger partial charge < -0.3 is 16.3 Å². The average Bonchev–Trinajstić information content (AvgIpc) is 2.73. The van der Waals surface area contributed by atoms with Crippen molar-refractivity contribution in [2.45, 2.75) is 33.2 Å². The van der Waals surface area contributed by atoms with Crippen LogP contribution in [0.2, 0.25) is 4.34 Å². The first-order valence-corrected chi connectivity index (χ1v) is 7.08. The Morgan fingerprint density at radius 1 is 1.56 bits per heavy atom. The summed E-state index contributed by atoms with van der Waals surface area (Å²) in [6.45, 7) is 5.68. The molecule has 0 bridgehead atoms. The second-order valence-electron chi connectivity index (χ2n) is 4.86. The third kappa shape index (κ3) is 4.84. The molecule has 4 N–H and O–H groups in total. The first-order valence-electron chi connectivity index (χ1n) is 5.88. The van der Waals surface area contributed by atoms with Crippen LogP contribution >= 0.6 is 22.9 Å². The lowest BCUT2D eigenvalue weighted by Gasteiger charge is -2.22. The Morgan fingerprint density at radius 3 is 2.83 bits per heavy atom. The van der Waals surface area contributed by atoms with Gasteiger partial charge in [0, 0.05) is 16.8 Å². The number of nitrogens with zero attached hydrogens (tertiary/aromatic N) is 1. The van der Waals surface area contributed by atoms with Crippen molar-refractivity contribution in [3.8, 4) is 0 Å². The first-order chi connectivity index (χ1) is 8.45. The van der Waals surface area contributed by atoms with Crippen molar-refractivity contribution in [3.05, 3.63) is 21.3 Å². The molecular weight excluding hydrogens is 270 g/mol. The predicted molar refractivity (Wildman–Crippen MR) is 77.5 cm³/mol. The highest BCUT2D eigenvalue weighted by Gasteiger charge is 2.22. The predicted octanol–water partition coefficient (Wildman–Crippen LogP) is 3.04. The van der Waals surface area contributed by atoms with E-state index in [2.05, 4.69) is 10.5 Å². The maximum Gasteiger partial charge on any atom is 0.144 e. The minimum Gasteiger partial charge on any atom is -0.409 e. The summed E-state index contributed by atoms with van der Waals surface area (Å²) < 4.78 is 0.819. The van der Waals surface area contributed by atoms with Crippen molar-refractivity contribution >= 4 is 28.8 Å². The van der Waals surface area contributed by atoms with E-state index >= 15 is 0 Å². The number of nitrogens with one attached hydrogen (secondary N) is 1. The van der Waals surface area contributed by atoms with Crippen LogP contribution in [-0.2, 0) is 6.54 Å². The van der Waals surface area contributed by atoms with E-state index in [-0.39, 0.29) is 11.3 Å². The van der Waals surface area contributed by atoms with Gasteiger partial charge in [0.05, 0.1) is 4.34 Å². The summed E-state index contributed by atoms with van der Waals surface area (Å²) in [4.78, 5) is 1.23. The topological polar surface area (TPSA) is 70.6 Å². The fourth-order valence-electron chi connectivity index (χ4n) is 1.58. The number of rotatable bonds is 7. The summed E-state index contributed by atoms with van der Waals surface area (Å²) in [5.74, 6) is 0.285. The fourth-order valence-corrected chi connectivity index (χ4v) is 2.63. The van der Waals surface area contributed by atoms with E-state index in [0.29, 0.717) is 0 Å². The number of hydrogen-bond acceptors (Lipinski definition) is 4. The molecule has 0 amide bonds. The molecule has 0 saturated heterocycles. The number of oxime groups is 1. The van der Waals surface area contributed by atoms with Crippen molar-refractivity contribution in [1.82, 2.24) is 5.32 Å². The van der Waals surface area contributed by atoms with Crippen LogP contribution in [0, 0.1) is 5.41 Å². The molecule has 0 unspecified atom stereocenters. The Labute approximate surface area is 117 Å². The van der Waals surface area contributed by atoms with Crippen LogP contribution in [0.4, 0.5) is 0 Å². The van der Waals surface area contributed by atoms with E-state index in [4.69, 9.17) is 22.5 Å². The van der Waals surface area contributed by atoms with E-state index in [1.54, 1.807) is 11.3 Å². The average molecular weight is 290 g/mol. The van der Waals surface area contributed by atoms with Crippen LogP contribution in [0.5, 0.6) is 0 Å². The van der Waals surface area contributed by atoms with E-state index < -0.39 is 0 Å². The molecule has 1 rings (SSSR count).